The summed E-state index contributed by atoms with van der Waals surface area (Å²) < 4.78 is 0. The van der Waals surface area contributed by atoms with E-state index in [4.69, 9.17) is 5.73 Å². The van der Waals surface area contributed by atoms with E-state index in [9.17, 15) is 14.7 Å². The van der Waals surface area contributed by atoms with Crippen LogP contribution >= 0.6 is 0 Å². The van der Waals surface area contributed by atoms with Gasteiger partial charge in [-0.3, -0.25) is 4.79 Å². The van der Waals surface area contributed by atoms with Gasteiger partial charge in [-0.25, -0.2) is 4.79 Å². The zero-order valence-corrected chi connectivity index (χ0v) is 12.1. The van der Waals surface area contributed by atoms with Gasteiger partial charge >= 0.3 is 5.97 Å². The van der Waals surface area contributed by atoms with E-state index in [0.29, 0.717) is 25.3 Å². The van der Waals surface area contributed by atoms with Crippen molar-refractivity contribution in [1.29, 1.82) is 0 Å². The van der Waals surface area contributed by atoms with Gasteiger partial charge in [0.25, 0.3) is 0 Å². The van der Waals surface area contributed by atoms with Gasteiger partial charge in [-0.2, -0.15) is 0 Å². The average molecular weight is 282 g/mol. The first-order chi connectivity index (χ1) is 9.65. The summed E-state index contributed by atoms with van der Waals surface area (Å²) >= 11 is 0. The number of likely N-dealkylation sites (tertiary alicyclic amines) is 1. The maximum atomic E-state index is 12.5. The SMILES string of the molecule is NCCCCC(=O)N1C(C(=O)O)CCC2CCCCC21. The van der Waals surface area contributed by atoms with Crippen molar-refractivity contribution in [2.24, 2.45) is 11.7 Å². The second-order valence-electron chi connectivity index (χ2n) is 6.09. The third-order valence-electron chi connectivity index (χ3n) is 4.79. The summed E-state index contributed by atoms with van der Waals surface area (Å²) in [5, 5.41) is 9.41. The highest BCUT2D eigenvalue weighted by Gasteiger charge is 2.43. The number of hydrogen-bond acceptors (Lipinski definition) is 3. The molecule has 3 N–H and O–H groups in total. The topological polar surface area (TPSA) is 83.6 Å². The fourth-order valence-corrected chi connectivity index (χ4v) is 3.78. The normalized spacial score (nSPS) is 29.9. The largest absolute Gasteiger partial charge is 0.480 e. The molecule has 2 fully saturated rings. The molecular weight excluding hydrogens is 256 g/mol. The number of carbonyl (C=O) groups is 2. The standard InChI is InChI=1S/C15H26N2O3/c16-10-4-3-7-14(18)17-12-6-2-1-5-11(12)8-9-13(17)15(19)20/h11-13H,1-10,16H2,(H,19,20). The summed E-state index contributed by atoms with van der Waals surface area (Å²) in [5.74, 6) is -0.318. The molecule has 0 bridgehead atoms. The third kappa shape index (κ3) is 3.32. The van der Waals surface area contributed by atoms with Crippen LogP contribution in [0.25, 0.3) is 0 Å². The molecule has 1 saturated heterocycles. The molecule has 1 aliphatic heterocycles. The Bertz CT molecular complexity index is 359. The fraction of sp³-hybridized carbons (Fsp3) is 0.867. The number of nitrogens with zero attached hydrogens (tertiary/aromatic N) is 1. The molecule has 0 aromatic carbocycles. The predicted molar refractivity (Wildman–Crippen MR) is 76.2 cm³/mol. The van der Waals surface area contributed by atoms with Crippen LogP contribution in [0.3, 0.4) is 0 Å². The number of aliphatic carboxylic acids is 1. The Balaban J connectivity index is 2.08. The summed E-state index contributed by atoms with van der Waals surface area (Å²) in [5.41, 5.74) is 5.46. The highest BCUT2D eigenvalue weighted by molar-refractivity contribution is 5.84. The smallest absolute Gasteiger partial charge is 0.326 e. The number of nitrogens with two attached hydrogens (primary N) is 1. The fourth-order valence-electron chi connectivity index (χ4n) is 3.78. The van der Waals surface area contributed by atoms with Gasteiger partial charge in [0, 0.05) is 12.5 Å². The lowest BCUT2D eigenvalue weighted by molar-refractivity contribution is -0.158. The summed E-state index contributed by atoms with van der Waals surface area (Å²) in [7, 11) is 0. The van der Waals surface area contributed by atoms with E-state index in [1.807, 2.05) is 0 Å². The molecule has 114 valence electrons. The third-order valence-corrected chi connectivity index (χ3v) is 4.79. The molecule has 0 aromatic rings. The lowest BCUT2D eigenvalue weighted by Gasteiger charge is -2.47. The van der Waals surface area contributed by atoms with Crippen molar-refractivity contribution in [3.8, 4) is 0 Å². The first-order valence-corrected chi connectivity index (χ1v) is 7.89. The van der Waals surface area contributed by atoms with E-state index < -0.39 is 12.0 Å². The van der Waals surface area contributed by atoms with Crippen LogP contribution in [0.15, 0.2) is 0 Å². The van der Waals surface area contributed by atoms with E-state index in [2.05, 4.69) is 0 Å². The number of amides is 1. The summed E-state index contributed by atoms with van der Waals surface area (Å²) in [6, 6.07) is -0.455. The molecular formula is C15H26N2O3. The number of piperidine rings is 1. The summed E-state index contributed by atoms with van der Waals surface area (Å²) in [4.78, 5) is 25.6. The van der Waals surface area contributed by atoms with Crippen LogP contribution in [0.4, 0.5) is 0 Å². The molecule has 20 heavy (non-hydrogen) atoms. The van der Waals surface area contributed by atoms with Crippen molar-refractivity contribution in [3.05, 3.63) is 0 Å². The molecule has 3 atom stereocenters. The van der Waals surface area contributed by atoms with Crippen LogP contribution in [0, 0.1) is 5.92 Å². The van der Waals surface area contributed by atoms with Crippen LogP contribution in [0.2, 0.25) is 0 Å². The van der Waals surface area contributed by atoms with Crippen LogP contribution in [-0.2, 0) is 9.59 Å². The van der Waals surface area contributed by atoms with Gasteiger partial charge < -0.3 is 15.7 Å². The molecule has 3 unspecified atom stereocenters. The first kappa shape index (κ1) is 15.3. The van der Waals surface area contributed by atoms with Crippen molar-refractivity contribution in [2.45, 2.75) is 69.9 Å². The van der Waals surface area contributed by atoms with Crippen molar-refractivity contribution < 1.29 is 14.7 Å². The van der Waals surface area contributed by atoms with Gasteiger partial charge in [-0.15, -0.1) is 0 Å². The Labute approximate surface area is 120 Å². The van der Waals surface area contributed by atoms with Crippen molar-refractivity contribution in [1.82, 2.24) is 4.90 Å². The predicted octanol–water partition coefficient (Wildman–Crippen LogP) is 1.75. The molecule has 0 spiro atoms. The Morgan fingerprint density at radius 1 is 1.10 bits per heavy atom. The Kier molecular flexibility index (Phi) is 5.40. The van der Waals surface area contributed by atoms with Gasteiger partial charge in [-0.1, -0.05) is 12.8 Å². The molecule has 1 saturated carbocycles. The number of carbonyl (C=O) groups excluding carboxylic acids is 1. The number of unbranched alkanes of at least 4 members (excludes halogenated alkanes) is 1. The van der Waals surface area contributed by atoms with E-state index in [1.165, 1.54) is 6.42 Å². The van der Waals surface area contributed by atoms with Crippen LogP contribution in [-0.4, -0.2) is 40.5 Å². The van der Waals surface area contributed by atoms with Gasteiger partial charge in [-0.05, 0) is 51.0 Å². The summed E-state index contributed by atoms with van der Waals surface area (Å²) in [6.45, 7) is 0.585. The van der Waals surface area contributed by atoms with Gasteiger partial charge in [0.1, 0.15) is 6.04 Å². The lowest BCUT2D eigenvalue weighted by atomic mass is 9.76. The molecule has 1 aliphatic carbocycles. The Morgan fingerprint density at radius 2 is 1.85 bits per heavy atom. The Morgan fingerprint density at radius 3 is 2.55 bits per heavy atom. The number of hydrogen-bond donors (Lipinski definition) is 2. The molecule has 1 amide bonds. The van der Waals surface area contributed by atoms with Gasteiger partial charge in [0.2, 0.25) is 5.91 Å². The van der Waals surface area contributed by atoms with Crippen molar-refractivity contribution >= 4 is 11.9 Å². The van der Waals surface area contributed by atoms with E-state index in [-0.39, 0.29) is 11.9 Å². The number of carboxylic acid groups (broad SMARTS) is 1. The molecule has 2 aliphatic rings. The number of fused-ring (bicyclic) bond motifs is 1. The zero-order valence-electron chi connectivity index (χ0n) is 12.1. The lowest BCUT2D eigenvalue weighted by Crippen LogP contribution is -2.57. The molecule has 0 radical (unpaired) electrons. The molecule has 1 heterocycles. The maximum absolute atomic E-state index is 12.5. The van der Waals surface area contributed by atoms with Crippen LogP contribution in [0.1, 0.15) is 57.8 Å². The summed E-state index contributed by atoms with van der Waals surface area (Å²) in [6.07, 6.45) is 8.02. The molecule has 5 heteroatoms. The van der Waals surface area contributed by atoms with Crippen LogP contribution in [0.5, 0.6) is 0 Å². The maximum Gasteiger partial charge on any atom is 0.326 e. The molecule has 2 rings (SSSR count). The highest BCUT2D eigenvalue weighted by atomic mass is 16.4. The first-order valence-electron chi connectivity index (χ1n) is 7.89. The minimum absolute atomic E-state index is 0.0162. The second-order valence-corrected chi connectivity index (χ2v) is 6.09. The van der Waals surface area contributed by atoms with Gasteiger partial charge in [0.15, 0.2) is 0 Å². The number of carboxylic acids is 1. The second kappa shape index (κ2) is 7.07. The van der Waals surface area contributed by atoms with Crippen molar-refractivity contribution in [3.63, 3.8) is 0 Å². The monoisotopic (exact) mass is 282 g/mol. The van der Waals surface area contributed by atoms with E-state index >= 15 is 0 Å². The van der Waals surface area contributed by atoms with Gasteiger partial charge in [0.05, 0.1) is 0 Å². The highest BCUT2D eigenvalue weighted by Crippen LogP contribution is 2.38. The quantitative estimate of drug-likeness (QED) is 0.752. The minimum atomic E-state index is -0.846. The van der Waals surface area contributed by atoms with Crippen LogP contribution < -0.4 is 5.73 Å². The molecule has 0 aromatic heterocycles. The van der Waals surface area contributed by atoms with E-state index in [1.54, 1.807) is 4.90 Å². The van der Waals surface area contributed by atoms with E-state index in [0.717, 1.165) is 38.5 Å². The Hall–Kier alpha value is -1.10. The van der Waals surface area contributed by atoms with Crippen molar-refractivity contribution in [2.75, 3.05) is 6.54 Å². The number of rotatable bonds is 5. The minimum Gasteiger partial charge on any atom is -0.480 e. The zero-order chi connectivity index (χ0) is 14.5. The molecule has 5 nitrogen and oxygen atoms in total. The average Bonchev–Trinajstić information content (AvgIpc) is 2.46.